The molecule has 0 saturated heterocycles. The average Bonchev–Trinajstić information content (AvgIpc) is 2.97. The molecule has 104 valence electrons. The third kappa shape index (κ3) is 3.45. The Morgan fingerprint density at radius 1 is 1.20 bits per heavy atom. The smallest absolute Gasteiger partial charge is 0.335 e. The van der Waals surface area contributed by atoms with E-state index in [1.165, 1.54) is 17.0 Å². The summed E-state index contributed by atoms with van der Waals surface area (Å²) in [7, 11) is 1.70. The van der Waals surface area contributed by atoms with Crippen LogP contribution in [0.15, 0.2) is 41.8 Å². The molecule has 0 aliphatic carbocycles. The maximum absolute atomic E-state index is 12.1. The Kier molecular flexibility index (Phi) is 4.53. The van der Waals surface area contributed by atoms with Crippen molar-refractivity contribution in [2.24, 2.45) is 0 Å². The van der Waals surface area contributed by atoms with Gasteiger partial charge in [0.1, 0.15) is 0 Å². The zero-order valence-corrected chi connectivity index (χ0v) is 11.9. The van der Waals surface area contributed by atoms with E-state index in [2.05, 4.69) is 0 Å². The van der Waals surface area contributed by atoms with E-state index in [0.717, 1.165) is 6.42 Å². The summed E-state index contributed by atoms with van der Waals surface area (Å²) in [4.78, 5) is 25.6. The van der Waals surface area contributed by atoms with E-state index in [1.54, 1.807) is 35.4 Å². The Hall–Kier alpha value is -2.14. The van der Waals surface area contributed by atoms with E-state index < -0.39 is 5.97 Å². The number of carboxylic acids is 1. The first-order chi connectivity index (χ1) is 9.58. The van der Waals surface area contributed by atoms with Crippen LogP contribution in [0.2, 0.25) is 0 Å². The molecule has 0 atom stereocenters. The predicted octanol–water partition coefficient (Wildman–Crippen LogP) is 3.04. The van der Waals surface area contributed by atoms with E-state index in [9.17, 15) is 9.59 Å². The zero-order valence-electron chi connectivity index (χ0n) is 11.1. The summed E-state index contributed by atoms with van der Waals surface area (Å²) in [6, 6.07) is 10.3. The number of hydrogen-bond donors (Lipinski definition) is 1. The van der Waals surface area contributed by atoms with Gasteiger partial charge in [0.05, 0.1) is 5.56 Å². The Balaban J connectivity index is 1.97. The molecule has 0 aliphatic heterocycles. The third-order valence-corrected chi connectivity index (χ3v) is 3.98. The second-order valence-corrected chi connectivity index (χ2v) is 5.42. The van der Waals surface area contributed by atoms with E-state index in [1.807, 2.05) is 17.5 Å². The largest absolute Gasteiger partial charge is 0.478 e. The highest BCUT2D eigenvalue weighted by Gasteiger charge is 2.12. The van der Waals surface area contributed by atoms with Crippen LogP contribution in [0.3, 0.4) is 0 Å². The number of carboxylic acid groups (broad SMARTS) is 1. The first-order valence-electron chi connectivity index (χ1n) is 6.20. The number of aromatic carboxylic acids is 1. The van der Waals surface area contributed by atoms with Gasteiger partial charge in [0.15, 0.2) is 0 Å². The summed E-state index contributed by atoms with van der Waals surface area (Å²) in [6.45, 7) is 0. The van der Waals surface area contributed by atoms with Gasteiger partial charge in [0.2, 0.25) is 5.91 Å². The van der Waals surface area contributed by atoms with Gasteiger partial charge in [-0.2, -0.15) is 0 Å². The number of amides is 1. The van der Waals surface area contributed by atoms with Crippen LogP contribution in [0, 0.1) is 0 Å². The number of carbonyl (C=O) groups excluding carboxylic acids is 1. The van der Waals surface area contributed by atoms with Gasteiger partial charge in [0, 0.05) is 24.0 Å². The fourth-order valence-electron chi connectivity index (χ4n) is 1.82. The van der Waals surface area contributed by atoms with Gasteiger partial charge in [-0.25, -0.2) is 4.79 Å². The molecule has 0 fully saturated rings. The Morgan fingerprint density at radius 2 is 1.90 bits per heavy atom. The first kappa shape index (κ1) is 14.3. The Labute approximate surface area is 121 Å². The second kappa shape index (κ2) is 6.34. The lowest BCUT2D eigenvalue weighted by Crippen LogP contribution is -2.26. The SMILES string of the molecule is CN(C(=O)CCc1cccs1)c1ccc(C(=O)O)cc1. The van der Waals surface area contributed by atoms with Gasteiger partial charge in [-0.1, -0.05) is 6.07 Å². The minimum Gasteiger partial charge on any atom is -0.478 e. The van der Waals surface area contributed by atoms with Crippen LogP contribution >= 0.6 is 11.3 Å². The summed E-state index contributed by atoms with van der Waals surface area (Å²) in [5.74, 6) is -0.954. The van der Waals surface area contributed by atoms with Gasteiger partial charge in [0.25, 0.3) is 0 Å². The van der Waals surface area contributed by atoms with Crippen LogP contribution in [-0.4, -0.2) is 24.0 Å². The number of nitrogens with zero attached hydrogens (tertiary/aromatic N) is 1. The molecule has 1 heterocycles. The van der Waals surface area contributed by atoms with E-state index in [4.69, 9.17) is 5.11 Å². The lowest BCUT2D eigenvalue weighted by Gasteiger charge is -2.17. The van der Waals surface area contributed by atoms with Crippen LogP contribution in [-0.2, 0) is 11.2 Å². The third-order valence-electron chi connectivity index (χ3n) is 3.04. The van der Waals surface area contributed by atoms with Gasteiger partial charge in [-0.3, -0.25) is 4.79 Å². The molecule has 4 nitrogen and oxygen atoms in total. The number of hydrogen-bond acceptors (Lipinski definition) is 3. The maximum atomic E-state index is 12.1. The van der Waals surface area contributed by atoms with Crippen molar-refractivity contribution >= 4 is 28.9 Å². The van der Waals surface area contributed by atoms with Crippen molar-refractivity contribution in [3.63, 3.8) is 0 Å². The molecular formula is C15H15NO3S. The van der Waals surface area contributed by atoms with Crippen molar-refractivity contribution in [2.45, 2.75) is 12.8 Å². The van der Waals surface area contributed by atoms with Crippen molar-refractivity contribution in [1.29, 1.82) is 0 Å². The summed E-state index contributed by atoms with van der Waals surface area (Å²) in [6.07, 6.45) is 1.17. The molecule has 0 unspecified atom stereocenters. The molecular weight excluding hydrogens is 274 g/mol. The number of anilines is 1. The zero-order chi connectivity index (χ0) is 14.5. The maximum Gasteiger partial charge on any atom is 0.335 e. The lowest BCUT2D eigenvalue weighted by molar-refractivity contribution is -0.118. The van der Waals surface area contributed by atoms with Crippen LogP contribution < -0.4 is 4.90 Å². The van der Waals surface area contributed by atoms with Crippen LogP contribution in [0.25, 0.3) is 0 Å². The first-order valence-corrected chi connectivity index (χ1v) is 7.08. The van der Waals surface area contributed by atoms with Crippen molar-refractivity contribution in [1.82, 2.24) is 0 Å². The van der Waals surface area contributed by atoms with E-state index in [0.29, 0.717) is 12.1 Å². The van der Waals surface area contributed by atoms with Crippen molar-refractivity contribution < 1.29 is 14.7 Å². The summed E-state index contributed by atoms with van der Waals surface area (Å²) < 4.78 is 0. The monoisotopic (exact) mass is 289 g/mol. The molecule has 0 spiro atoms. The van der Waals surface area contributed by atoms with Crippen molar-refractivity contribution in [3.05, 3.63) is 52.2 Å². The predicted molar refractivity (Wildman–Crippen MR) is 79.5 cm³/mol. The van der Waals surface area contributed by atoms with Crippen molar-refractivity contribution in [3.8, 4) is 0 Å². The normalized spacial score (nSPS) is 10.2. The average molecular weight is 289 g/mol. The fraction of sp³-hybridized carbons (Fsp3) is 0.200. The molecule has 1 N–H and O–H groups in total. The van der Waals surface area contributed by atoms with Gasteiger partial charge in [-0.05, 0) is 42.1 Å². The minimum absolute atomic E-state index is 0.0153. The van der Waals surface area contributed by atoms with Gasteiger partial charge in [-0.15, -0.1) is 11.3 Å². The molecule has 0 aliphatic rings. The van der Waals surface area contributed by atoms with Crippen LogP contribution in [0.4, 0.5) is 5.69 Å². The molecule has 20 heavy (non-hydrogen) atoms. The molecule has 0 bridgehead atoms. The van der Waals surface area contributed by atoms with Gasteiger partial charge < -0.3 is 10.0 Å². The molecule has 5 heteroatoms. The number of aryl methyl sites for hydroxylation is 1. The minimum atomic E-state index is -0.969. The second-order valence-electron chi connectivity index (χ2n) is 4.38. The number of benzene rings is 1. The Morgan fingerprint density at radius 3 is 2.45 bits per heavy atom. The van der Waals surface area contributed by atoms with Crippen LogP contribution in [0.5, 0.6) is 0 Å². The molecule has 1 aromatic carbocycles. The highest BCUT2D eigenvalue weighted by atomic mass is 32.1. The van der Waals surface area contributed by atoms with E-state index in [-0.39, 0.29) is 11.5 Å². The number of carbonyl (C=O) groups is 2. The number of rotatable bonds is 5. The topological polar surface area (TPSA) is 57.6 Å². The van der Waals surface area contributed by atoms with Gasteiger partial charge >= 0.3 is 5.97 Å². The highest BCUT2D eigenvalue weighted by molar-refractivity contribution is 7.09. The van der Waals surface area contributed by atoms with E-state index >= 15 is 0 Å². The number of thiophene rings is 1. The highest BCUT2D eigenvalue weighted by Crippen LogP contribution is 2.17. The molecule has 0 saturated carbocycles. The molecule has 1 aromatic heterocycles. The van der Waals surface area contributed by atoms with Crippen molar-refractivity contribution in [2.75, 3.05) is 11.9 Å². The molecule has 2 rings (SSSR count). The van der Waals surface area contributed by atoms with Crippen LogP contribution in [0.1, 0.15) is 21.7 Å². The summed E-state index contributed by atoms with van der Waals surface area (Å²) in [5, 5.41) is 10.8. The summed E-state index contributed by atoms with van der Waals surface area (Å²) in [5.41, 5.74) is 0.916. The molecule has 1 amide bonds. The lowest BCUT2D eigenvalue weighted by atomic mass is 10.2. The summed E-state index contributed by atoms with van der Waals surface area (Å²) >= 11 is 1.64. The quantitative estimate of drug-likeness (QED) is 0.920. The standard InChI is InChI=1S/C15H15NO3S/c1-16(12-6-4-11(5-7-12)15(18)19)14(17)9-8-13-3-2-10-20-13/h2-7,10H,8-9H2,1H3,(H,18,19). The molecule has 2 aromatic rings. The fourth-order valence-corrected chi connectivity index (χ4v) is 2.53. The Bertz CT molecular complexity index is 590. The molecule has 0 radical (unpaired) electrons.